The van der Waals surface area contributed by atoms with Gasteiger partial charge in [-0.1, -0.05) is 36.5 Å². The van der Waals surface area contributed by atoms with Crippen LogP contribution in [0.25, 0.3) is 0 Å². The number of hydrogen-bond acceptors (Lipinski definition) is 5. The molecule has 1 atom stereocenters. The minimum atomic E-state index is -0.478. The van der Waals surface area contributed by atoms with Gasteiger partial charge in [-0.3, -0.25) is 14.5 Å². The predicted molar refractivity (Wildman–Crippen MR) is 112 cm³/mol. The lowest BCUT2D eigenvalue weighted by Gasteiger charge is -2.38. The molecule has 2 amide bonds. The van der Waals surface area contributed by atoms with Crippen molar-refractivity contribution < 1.29 is 18.5 Å². The maximum absolute atomic E-state index is 13.3. The standard InChI is InChI=1S/C21H26ClFN4O3/c1-3-4-5-18(20(28)24-19-12-14(2)30-25-19)26-8-10-27(11-9-26)21(29)16-7-6-15(23)13-17(16)22/h6-7,12-13,18H,3-5,8-11H2,1-2H3,(H,24,25,28). The molecule has 7 nitrogen and oxygen atoms in total. The van der Waals surface area contributed by atoms with Crippen LogP contribution in [-0.2, 0) is 4.79 Å². The van der Waals surface area contributed by atoms with E-state index in [1.807, 2.05) is 0 Å². The molecule has 3 rings (SSSR count). The Morgan fingerprint density at radius 3 is 2.60 bits per heavy atom. The highest BCUT2D eigenvalue weighted by atomic mass is 35.5. The number of hydrogen-bond donors (Lipinski definition) is 1. The maximum Gasteiger partial charge on any atom is 0.255 e. The fourth-order valence-electron chi connectivity index (χ4n) is 3.58. The minimum absolute atomic E-state index is 0.102. The van der Waals surface area contributed by atoms with Gasteiger partial charge in [0.1, 0.15) is 11.6 Å². The lowest BCUT2D eigenvalue weighted by atomic mass is 10.1. The second-order valence-corrected chi connectivity index (χ2v) is 7.83. The maximum atomic E-state index is 13.3. The van der Waals surface area contributed by atoms with E-state index in [1.54, 1.807) is 17.9 Å². The lowest BCUT2D eigenvalue weighted by molar-refractivity contribution is -0.122. The normalized spacial score (nSPS) is 15.8. The number of unbranched alkanes of at least 4 members (excludes halogenated alkanes) is 1. The van der Waals surface area contributed by atoms with Crippen LogP contribution in [0.4, 0.5) is 10.2 Å². The Labute approximate surface area is 180 Å². The Bertz CT molecular complexity index is 896. The molecule has 1 saturated heterocycles. The van der Waals surface area contributed by atoms with Crippen molar-refractivity contribution in [2.45, 2.75) is 39.2 Å². The van der Waals surface area contributed by atoms with Crippen LogP contribution < -0.4 is 5.32 Å². The van der Waals surface area contributed by atoms with Crippen molar-refractivity contribution >= 4 is 29.2 Å². The zero-order chi connectivity index (χ0) is 21.7. The van der Waals surface area contributed by atoms with E-state index in [1.165, 1.54) is 12.1 Å². The molecule has 1 aliphatic rings. The molecule has 30 heavy (non-hydrogen) atoms. The number of piperazine rings is 1. The smallest absolute Gasteiger partial charge is 0.255 e. The first-order chi connectivity index (χ1) is 14.4. The van der Waals surface area contributed by atoms with Gasteiger partial charge in [-0.2, -0.15) is 0 Å². The van der Waals surface area contributed by atoms with E-state index in [0.717, 1.165) is 25.3 Å². The molecule has 0 bridgehead atoms. The third kappa shape index (κ3) is 5.37. The van der Waals surface area contributed by atoms with Gasteiger partial charge in [0.05, 0.1) is 16.6 Å². The summed E-state index contributed by atoms with van der Waals surface area (Å²) in [5.74, 6) is 0.194. The Morgan fingerprint density at radius 1 is 1.27 bits per heavy atom. The summed E-state index contributed by atoms with van der Waals surface area (Å²) in [6.07, 6.45) is 2.62. The molecule has 2 aromatic rings. The number of aryl methyl sites for hydroxylation is 1. The largest absolute Gasteiger partial charge is 0.360 e. The van der Waals surface area contributed by atoms with Crippen LogP contribution in [0, 0.1) is 12.7 Å². The molecule has 1 aromatic carbocycles. The van der Waals surface area contributed by atoms with Crippen molar-refractivity contribution in [3.63, 3.8) is 0 Å². The molecule has 1 fully saturated rings. The second-order valence-electron chi connectivity index (χ2n) is 7.42. The van der Waals surface area contributed by atoms with Gasteiger partial charge in [-0.25, -0.2) is 4.39 Å². The number of carbonyl (C=O) groups excluding carboxylic acids is 2. The summed E-state index contributed by atoms with van der Waals surface area (Å²) in [6, 6.07) is 5.14. The number of carbonyl (C=O) groups is 2. The topological polar surface area (TPSA) is 78.7 Å². The molecule has 162 valence electrons. The molecule has 0 aliphatic carbocycles. The third-order valence-electron chi connectivity index (χ3n) is 5.22. The monoisotopic (exact) mass is 436 g/mol. The van der Waals surface area contributed by atoms with Gasteiger partial charge in [0, 0.05) is 32.2 Å². The number of aromatic nitrogens is 1. The Morgan fingerprint density at radius 2 is 2.00 bits per heavy atom. The van der Waals surface area contributed by atoms with Gasteiger partial charge in [0.15, 0.2) is 5.82 Å². The molecule has 1 unspecified atom stereocenters. The molecule has 9 heteroatoms. The van der Waals surface area contributed by atoms with Crippen LogP contribution in [0.2, 0.25) is 5.02 Å². The molecule has 0 saturated carbocycles. The van der Waals surface area contributed by atoms with E-state index in [9.17, 15) is 14.0 Å². The van der Waals surface area contributed by atoms with Crippen LogP contribution in [0.5, 0.6) is 0 Å². The van der Waals surface area contributed by atoms with Gasteiger partial charge >= 0.3 is 0 Å². The Balaban J connectivity index is 1.63. The lowest BCUT2D eigenvalue weighted by Crippen LogP contribution is -2.55. The SMILES string of the molecule is CCCCC(C(=O)Nc1cc(C)on1)N1CCN(C(=O)c2ccc(F)cc2Cl)CC1. The first-order valence-electron chi connectivity index (χ1n) is 10.1. The van der Waals surface area contributed by atoms with Crippen LogP contribution in [0.3, 0.4) is 0 Å². The molecule has 0 spiro atoms. The number of benzene rings is 1. The van der Waals surface area contributed by atoms with Gasteiger partial charge < -0.3 is 14.7 Å². The number of rotatable bonds is 7. The highest BCUT2D eigenvalue weighted by molar-refractivity contribution is 6.33. The third-order valence-corrected chi connectivity index (χ3v) is 5.53. The van der Waals surface area contributed by atoms with Gasteiger partial charge in [-0.15, -0.1) is 0 Å². The fraction of sp³-hybridized carbons (Fsp3) is 0.476. The van der Waals surface area contributed by atoms with E-state index in [2.05, 4.69) is 22.3 Å². The molecule has 0 radical (unpaired) electrons. The van der Waals surface area contributed by atoms with E-state index in [-0.39, 0.29) is 28.4 Å². The van der Waals surface area contributed by atoms with Crippen LogP contribution in [0.15, 0.2) is 28.8 Å². The fourth-order valence-corrected chi connectivity index (χ4v) is 3.83. The summed E-state index contributed by atoms with van der Waals surface area (Å²) in [6.45, 7) is 5.89. The van der Waals surface area contributed by atoms with E-state index in [4.69, 9.17) is 16.1 Å². The first-order valence-corrected chi connectivity index (χ1v) is 10.5. The van der Waals surface area contributed by atoms with Gasteiger partial charge in [0.2, 0.25) is 5.91 Å². The molecular weight excluding hydrogens is 411 g/mol. The Hall–Kier alpha value is -2.45. The number of anilines is 1. The second kappa shape index (κ2) is 10.0. The zero-order valence-corrected chi connectivity index (χ0v) is 17.9. The molecule has 2 heterocycles. The summed E-state index contributed by atoms with van der Waals surface area (Å²) in [5, 5.41) is 6.75. The molecule has 1 aromatic heterocycles. The van der Waals surface area contributed by atoms with E-state index < -0.39 is 5.82 Å². The average Bonchev–Trinajstić information content (AvgIpc) is 3.13. The van der Waals surface area contributed by atoms with Crippen LogP contribution in [-0.4, -0.2) is 59.0 Å². The minimum Gasteiger partial charge on any atom is -0.360 e. The highest BCUT2D eigenvalue weighted by Crippen LogP contribution is 2.21. The van der Waals surface area contributed by atoms with E-state index in [0.29, 0.717) is 37.8 Å². The average molecular weight is 437 g/mol. The van der Waals surface area contributed by atoms with Crippen LogP contribution in [0.1, 0.15) is 42.3 Å². The first kappa shape index (κ1) is 22.2. The summed E-state index contributed by atoms with van der Waals surface area (Å²) >= 11 is 6.04. The number of nitrogens with one attached hydrogen (secondary N) is 1. The summed E-state index contributed by atoms with van der Waals surface area (Å²) in [7, 11) is 0. The molecular formula is C21H26ClFN4O3. The quantitative estimate of drug-likeness (QED) is 0.715. The van der Waals surface area contributed by atoms with Crippen molar-refractivity contribution in [3.8, 4) is 0 Å². The summed E-state index contributed by atoms with van der Waals surface area (Å²) in [5.41, 5.74) is 0.285. The Kier molecular flexibility index (Phi) is 7.44. The van der Waals surface area contributed by atoms with Crippen molar-refractivity contribution in [1.29, 1.82) is 0 Å². The zero-order valence-electron chi connectivity index (χ0n) is 17.2. The highest BCUT2D eigenvalue weighted by Gasteiger charge is 2.31. The summed E-state index contributed by atoms with van der Waals surface area (Å²) < 4.78 is 18.3. The molecule has 1 aliphatic heterocycles. The van der Waals surface area contributed by atoms with Crippen molar-refractivity contribution in [1.82, 2.24) is 15.0 Å². The van der Waals surface area contributed by atoms with Crippen molar-refractivity contribution in [2.75, 3.05) is 31.5 Å². The van der Waals surface area contributed by atoms with Gasteiger partial charge in [-0.05, 0) is 31.5 Å². The predicted octanol–water partition coefficient (Wildman–Crippen LogP) is 3.73. The van der Waals surface area contributed by atoms with Crippen molar-refractivity contribution in [2.24, 2.45) is 0 Å². The van der Waals surface area contributed by atoms with Gasteiger partial charge in [0.25, 0.3) is 5.91 Å². The number of nitrogens with zero attached hydrogens (tertiary/aromatic N) is 3. The van der Waals surface area contributed by atoms with E-state index >= 15 is 0 Å². The molecule has 1 N–H and O–H groups in total. The van der Waals surface area contributed by atoms with Crippen molar-refractivity contribution in [3.05, 3.63) is 46.4 Å². The summed E-state index contributed by atoms with van der Waals surface area (Å²) in [4.78, 5) is 29.4. The number of amides is 2. The number of halogens is 2. The van der Waals surface area contributed by atoms with Crippen LogP contribution >= 0.6 is 11.6 Å².